The Hall–Kier alpha value is -1.88. The molecule has 1 aliphatic heterocycles. The van der Waals surface area contributed by atoms with E-state index in [1.54, 1.807) is 36.2 Å². The monoisotopic (exact) mass is 289 g/mol. The molecule has 1 saturated heterocycles. The Labute approximate surface area is 125 Å². The van der Waals surface area contributed by atoms with Crippen LogP contribution in [0.3, 0.4) is 0 Å². The van der Waals surface area contributed by atoms with E-state index in [0.717, 1.165) is 19.4 Å². The van der Waals surface area contributed by atoms with Crippen molar-refractivity contribution < 1.29 is 9.59 Å². The van der Waals surface area contributed by atoms with Crippen LogP contribution in [0.2, 0.25) is 0 Å². The van der Waals surface area contributed by atoms with Crippen molar-refractivity contribution in [1.29, 1.82) is 0 Å². The minimum absolute atomic E-state index is 0.0308. The number of carbonyl (C=O) groups is 2. The van der Waals surface area contributed by atoms with Crippen LogP contribution in [0.25, 0.3) is 0 Å². The largest absolute Gasteiger partial charge is 0.342 e. The van der Waals surface area contributed by atoms with Gasteiger partial charge in [0.1, 0.15) is 0 Å². The van der Waals surface area contributed by atoms with Crippen LogP contribution in [0.1, 0.15) is 40.5 Å². The zero-order valence-electron chi connectivity index (χ0n) is 12.7. The lowest BCUT2D eigenvalue weighted by Crippen LogP contribution is -2.40. The molecule has 1 heterocycles. The molecule has 1 aromatic rings. The van der Waals surface area contributed by atoms with Crippen molar-refractivity contribution >= 4 is 11.8 Å². The number of nitrogens with zero attached hydrogens (tertiary/aromatic N) is 2. The van der Waals surface area contributed by atoms with Crippen LogP contribution in [0.4, 0.5) is 0 Å². The van der Waals surface area contributed by atoms with Gasteiger partial charge in [0.25, 0.3) is 11.8 Å². The molecule has 0 radical (unpaired) electrons. The zero-order chi connectivity index (χ0) is 15.4. The lowest BCUT2D eigenvalue weighted by atomic mass is 10.1. The third-order valence-corrected chi connectivity index (χ3v) is 4.09. The number of hydrogen-bond donors (Lipinski definition) is 1. The Morgan fingerprint density at radius 3 is 2.76 bits per heavy atom. The van der Waals surface area contributed by atoms with Gasteiger partial charge in [-0.25, -0.2) is 0 Å². The fourth-order valence-electron chi connectivity index (χ4n) is 2.66. The van der Waals surface area contributed by atoms with Crippen molar-refractivity contribution in [1.82, 2.24) is 9.80 Å². The third-order valence-electron chi connectivity index (χ3n) is 4.09. The van der Waals surface area contributed by atoms with E-state index in [0.29, 0.717) is 24.2 Å². The van der Waals surface area contributed by atoms with E-state index in [1.165, 1.54) is 0 Å². The van der Waals surface area contributed by atoms with Gasteiger partial charge < -0.3 is 15.5 Å². The molecule has 1 unspecified atom stereocenters. The Kier molecular flexibility index (Phi) is 4.96. The molecule has 0 bridgehead atoms. The fraction of sp³-hybridized carbons (Fsp3) is 0.500. The zero-order valence-corrected chi connectivity index (χ0v) is 12.7. The van der Waals surface area contributed by atoms with Gasteiger partial charge in [0.15, 0.2) is 0 Å². The molecule has 0 saturated carbocycles. The van der Waals surface area contributed by atoms with E-state index in [1.807, 2.05) is 11.8 Å². The maximum absolute atomic E-state index is 12.6. The summed E-state index contributed by atoms with van der Waals surface area (Å²) in [6.07, 6.45) is 1.95. The van der Waals surface area contributed by atoms with Crippen molar-refractivity contribution in [3.05, 3.63) is 35.4 Å². The quantitative estimate of drug-likeness (QED) is 0.909. The Morgan fingerprint density at radius 2 is 2.10 bits per heavy atom. The molecule has 5 heteroatoms. The Bertz CT molecular complexity index is 530. The van der Waals surface area contributed by atoms with E-state index < -0.39 is 0 Å². The first kappa shape index (κ1) is 15.5. The summed E-state index contributed by atoms with van der Waals surface area (Å²) in [4.78, 5) is 28.2. The van der Waals surface area contributed by atoms with E-state index >= 15 is 0 Å². The highest BCUT2D eigenvalue weighted by molar-refractivity contribution is 5.99. The van der Waals surface area contributed by atoms with Crippen LogP contribution < -0.4 is 5.73 Å². The number of nitrogens with two attached hydrogens (primary N) is 1. The number of likely N-dealkylation sites (tertiary alicyclic amines) is 1. The minimum atomic E-state index is -0.0658. The van der Waals surface area contributed by atoms with Gasteiger partial charge in [0, 0.05) is 43.9 Å². The van der Waals surface area contributed by atoms with Crippen LogP contribution in [0, 0.1) is 0 Å². The molecule has 2 amide bonds. The highest BCUT2D eigenvalue weighted by atomic mass is 16.2. The van der Waals surface area contributed by atoms with Crippen LogP contribution in [0.15, 0.2) is 24.3 Å². The fourth-order valence-corrected chi connectivity index (χ4v) is 2.66. The topological polar surface area (TPSA) is 66.6 Å². The summed E-state index contributed by atoms with van der Waals surface area (Å²) in [6.45, 7) is 3.79. The van der Waals surface area contributed by atoms with Crippen LogP contribution >= 0.6 is 0 Å². The number of carbonyl (C=O) groups excluding carboxylic acids is 2. The molecular formula is C16H23N3O2. The maximum atomic E-state index is 12.6. The normalized spacial score (nSPS) is 17.9. The standard InChI is InChI=1S/C16H23N3O2/c1-3-18(2)15(20)12-6-4-7-13(10-12)16(21)19-9-5-8-14(19)11-17/h4,6-7,10,14H,3,5,8-9,11,17H2,1-2H3. The molecule has 0 aromatic heterocycles. The molecular weight excluding hydrogens is 266 g/mol. The second-order valence-electron chi connectivity index (χ2n) is 5.43. The molecule has 1 aliphatic rings. The van der Waals surface area contributed by atoms with Crippen LogP contribution in [0.5, 0.6) is 0 Å². The summed E-state index contributed by atoms with van der Waals surface area (Å²) in [5, 5.41) is 0. The molecule has 5 nitrogen and oxygen atoms in total. The highest BCUT2D eigenvalue weighted by Crippen LogP contribution is 2.20. The summed E-state index contributed by atoms with van der Waals surface area (Å²) >= 11 is 0. The molecule has 2 rings (SSSR count). The molecule has 1 atom stereocenters. The first-order chi connectivity index (χ1) is 10.1. The maximum Gasteiger partial charge on any atom is 0.254 e. The first-order valence-electron chi connectivity index (χ1n) is 7.45. The van der Waals surface area contributed by atoms with Gasteiger partial charge in [-0.2, -0.15) is 0 Å². The average molecular weight is 289 g/mol. The summed E-state index contributed by atoms with van der Waals surface area (Å²) in [5.41, 5.74) is 6.83. The summed E-state index contributed by atoms with van der Waals surface area (Å²) in [5.74, 6) is -0.0966. The van der Waals surface area contributed by atoms with Crippen LogP contribution in [-0.4, -0.2) is 54.3 Å². The SMILES string of the molecule is CCN(C)C(=O)c1cccc(C(=O)N2CCCC2CN)c1. The van der Waals surface area contributed by atoms with E-state index in [9.17, 15) is 9.59 Å². The second-order valence-corrected chi connectivity index (χ2v) is 5.43. The van der Waals surface area contributed by atoms with Gasteiger partial charge in [-0.3, -0.25) is 9.59 Å². The summed E-state index contributed by atoms with van der Waals surface area (Å²) < 4.78 is 0. The Morgan fingerprint density at radius 1 is 1.38 bits per heavy atom. The average Bonchev–Trinajstić information content (AvgIpc) is 3.01. The summed E-state index contributed by atoms with van der Waals surface area (Å²) in [7, 11) is 1.75. The van der Waals surface area contributed by atoms with E-state index in [-0.39, 0.29) is 17.9 Å². The number of rotatable bonds is 4. The van der Waals surface area contributed by atoms with Crippen molar-refractivity contribution in [2.24, 2.45) is 5.73 Å². The Balaban J connectivity index is 2.21. The number of hydrogen-bond acceptors (Lipinski definition) is 3. The predicted molar refractivity (Wildman–Crippen MR) is 82.2 cm³/mol. The number of benzene rings is 1. The van der Waals surface area contributed by atoms with Gasteiger partial charge >= 0.3 is 0 Å². The molecule has 114 valence electrons. The molecule has 1 aromatic carbocycles. The van der Waals surface area contributed by atoms with Crippen molar-refractivity contribution in [3.63, 3.8) is 0 Å². The minimum Gasteiger partial charge on any atom is -0.342 e. The first-order valence-corrected chi connectivity index (χ1v) is 7.45. The number of amides is 2. The molecule has 1 fully saturated rings. The molecule has 21 heavy (non-hydrogen) atoms. The van der Waals surface area contributed by atoms with E-state index in [2.05, 4.69) is 0 Å². The molecule has 0 spiro atoms. The van der Waals surface area contributed by atoms with Crippen molar-refractivity contribution in [2.45, 2.75) is 25.8 Å². The lowest BCUT2D eigenvalue weighted by molar-refractivity contribution is 0.0741. The van der Waals surface area contributed by atoms with Crippen molar-refractivity contribution in [3.8, 4) is 0 Å². The lowest BCUT2D eigenvalue weighted by Gasteiger charge is -2.24. The van der Waals surface area contributed by atoms with Gasteiger partial charge in [-0.1, -0.05) is 6.07 Å². The van der Waals surface area contributed by atoms with Gasteiger partial charge in [-0.05, 0) is 38.0 Å². The molecule has 2 N–H and O–H groups in total. The van der Waals surface area contributed by atoms with Gasteiger partial charge in [-0.15, -0.1) is 0 Å². The third kappa shape index (κ3) is 3.24. The predicted octanol–water partition coefficient (Wildman–Crippen LogP) is 1.34. The van der Waals surface area contributed by atoms with E-state index in [4.69, 9.17) is 5.73 Å². The van der Waals surface area contributed by atoms with Gasteiger partial charge in [0.2, 0.25) is 0 Å². The van der Waals surface area contributed by atoms with Crippen LogP contribution in [-0.2, 0) is 0 Å². The second kappa shape index (κ2) is 6.72. The highest BCUT2D eigenvalue weighted by Gasteiger charge is 2.28. The van der Waals surface area contributed by atoms with Gasteiger partial charge in [0.05, 0.1) is 0 Å². The summed E-state index contributed by atoms with van der Waals surface area (Å²) in [6, 6.07) is 7.07. The smallest absolute Gasteiger partial charge is 0.254 e. The molecule has 0 aliphatic carbocycles. The van der Waals surface area contributed by atoms with Crippen molar-refractivity contribution in [2.75, 3.05) is 26.7 Å².